The first kappa shape index (κ1) is 16.1. The van der Waals surface area contributed by atoms with Crippen molar-refractivity contribution in [1.82, 2.24) is 0 Å². The zero-order chi connectivity index (χ0) is 15.9. The molecule has 0 unspecified atom stereocenters. The predicted octanol–water partition coefficient (Wildman–Crippen LogP) is 4.64. The maximum Gasteiger partial charge on any atom is 0.185 e. The molecule has 22 heavy (non-hydrogen) atoms. The van der Waals surface area contributed by atoms with Crippen molar-refractivity contribution in [1.29, 1.82) is 0 Å². The SMILES string of the molecule is CCOc1ccc(C=CC(=O)c2ccc(Cl)cc2)cc1OC. The van der Waals surface area contributed by atoms with Crippen molar-refractivity contribution in [3.05, 3.63) is 64.7 Å². The van der Waals surface area contributed by atoms with Crippen molar-refractivity contribution in [2.24, 2.45) is 0 Å². The van der Waals surface area contributed by atoms with Gasteiger partial charge in [-0.3, -0.25) is 4.79 Å². The molecule has 0 aliphatic heterocycles. The quantitative estimate of drug-likeness (QED) is 0.575. The summed E-state index contributed by atoms with van der Waals surface area (Å²) in [6.45, 7) is 2.48. The molecule has 0 heterocycles. The molecule has 114 valence electrons. The molecular formula is C18H17ClO3. The molecular weight excluding hydrogens is 300 g/mol. The van der Waals surface area contributed by atoms with Gasteiger partial charge in [0, 0.05) is 10.6 Å². The number of ketones is 1. The van der Waals surface area contributed by atoms with E-state index in [-0.39, 0.29) is 5.78 Å². The number of rotatable bonds is 6. The Kier molecular flexibility index (Phi) is 5.61. The number of benzene rings is 2. The summed E-state index contributed by atoms with van der Waals surface area (Å²) in [6, 6.07) is 12.3. The molecule has 2 rings (SSSR count). The van der Waals surface area contributed by atoms with Crippen molar-refractivity contribution in [2.45, 2.75) is 6.92 Å². The average Bonchev–Trinajstić information content (AvgIpc) is 2.54. The first-order chi connectivity index (χ1) is 10.6. The number of methoxy groups -OCH3 is 1. The molecule has 0 aromatic heterocycles. The zero-order valence-corrected chi connectivity index (χ0v) is 13.3. The van der Waals surface area contributed by atoms with E-state index in [0.29, 0.717) is 28.7 Å². The summed E-state index contributed by atoms with van der Waals surface area (Å²) >= 11 is 5.81. The summed E-state index contributed by atoms with van der Waals surface area (Å²) < 4.78 is 10.7. The third-order valence-corrected chi connectivity index (χ3v) is 3.30. The molecule has 0 saturated carbocycles. The Hall–Kier alpha value is -2.26. The van der Waals surface area contributed by atoms with E-state index in [4.69, 9.17) is 21.1 Å². The fourth-order valence-electron chi connectivity index (χ4n) is 1.94. The summed E-state index contributed by atoms with van der Waals surface area (Å²) in [5.74, 6) is 1.25. The number of carbonyl (C=O) groups excluding carboxylic acids is 1. The first-order valence-corrected chi connectivity index (χ1v) is 7.30. The maximum atomic E-state index is 12.1. The van der Waals surface area contributed by atoms with Gasteiger partial charge in [-0.15, -0.1) is 0 Å². The van der Waals surface area contributed by atoms with Crippen LogP contribution in [0.1, 0.15) is 22.8 Å². The standard InChI is InChI=1S/C18H17ClO3/c1-3-22-17-11-5-13(12-18(17)21-2)4-10-16(20)14-6-8-15(19)9-7-14/h4-12H,3H2,1-2H3. The smallest absolute Gasteiger partial charge is 0.185 e. The average molecular weight is 317 g/mol. The Morgan fingerprint density at radius 2 is 1.86 bits per heavy atom. The molecule has 0 radical (unpaired) electrons. The number of hydrogen-bond acceptors (Lipinski definition) is 3. The van der Waals surface area contributed by atoms with Crippen LogP contribution in [0.25, 0.3) is 6.08 Å². The molecule has 0 spiro atoms. The van der Waals surface area contributed by atoms with Gasteiger partial charge in [-0.25, -0.2) is 0 Å². The van der Waals surface area contributed by atoms with Crippen LogP contribution in [0.2, 0.25) is 5.02 Å². The summed E-state index contributed by atoms with van der Waals surface area (Å²) in [5, 5.41) is 0.608. The van der Waals surface area contributed by atoms with E-state index in [1.54, 1.807) is 37.5 Å². The topological polar surface area (TPSA) is 35.5 Å². The van der Waals surface area contributed by atoms with Gasteiger partial charge in [-0.1, -0.05) is 23.7 Å². The molecule has 3 nitrogen and oxygen atoms in total. The van der Waals surface area contributed by atoms with Crippen molar-refractivity contribution in [3.63, 3.8) is 0 Å². The summed E-state index contributed by atoms with van der Waals surface area (Å²) in [4.78, 5) is 12.1. The number of allylic oxidation sites excluding steroid dienone is 1. The fraction of sp³-hybridized carbons (Fsp3) is 0.167. The number of halogens is 1. The van der Waals surface area contributed by atoms with Crippen LogP contribution in [0.5, 0.6) is 11.5 Å². The molecule has 0 bridgehead atoms. The molecule has 0 atom stereocenters. The normalized spacial score (nSPS) is 10.7. The molecule has 0 amide bonds. The van der Waals surface area contributed by atoms with Crippen molar-refractivity contribution in [2.75, 3.05) is 13.7 Å². The minimum atomic E-state index is -0.0791. The highest BCUT2D eigenvalue weighted by Crippen LogP contribution is 2.28. The zero-order valence-electron chi connectivity index (χ0n) is 12.5. The molecule has 2 aromatic rings. The van der Waals surface area contributed by atoms with Crippen LogP contribution in [0.3, 0.4) is 0 Å². The third-order valence-electron chi connectivity index (χ3n) is 3.04. The van der Waals surface area contributed by atoms with E-state index in [0.717, 1.165) is 5.56 Å². The summed E-state index contributed by atoms with van der Waals surface area (Å²) in [7, 11) is 1.59. The van der Waals surface area contributed by atoms with Gasteiger partial charge in [-0.2, -0.15) is 0 Å². The van der Waals surface area contributed by atoms with Crippen LogP contribution in [0, 0.1) is 0 Å². The van der Waals surface area contributed by atoms with Gasteiger partial charge in [0.05, 0.1) is 13.7 Å². The fourth-order valence-corrected chi connectivity index (χ4v) is 2.07. The Morgan fingerprint density at radius 1 is 1.14 bits per heavy atom. The molecule has 0 aliphatic carbocycles. The monoisotopic (exact) mass is 316 g/mol. The number of ether oxygens (including phenoxy) is 2. The molecule has 0 fully saturated rings. The lowest BCUT2D eigenvalue weighted by molar-refractivity contribution is 0.104. The molecule has 0 aliphatic rings. The highest BCUT2D eigenvalue weighted by Gasteiger charge is 2.05. The molecule has 2 aromatic carbocycles. The third kappa shape index (κ3) is 4.12. The van der Waals surface area contributed by atoms with Crippen LogP contribution in [0.15, 0.2) is 48.5 Å². The Labute approximate surface area is 135 Å². The molecule has 4 heteroatoms. The Morgan fingerprint density at radius 3 is 2.50 bits per heavy atom. The van der Waals surface area contributed by atoms with Crippen molar-refractivity contribution < 1.29 is 14.3 Å². The lowest BCUT2D eigenvalue weighted by Gasteiger charge is -2.09. The number of carbonyl (C=O) groups is 1. The Balaban J connectivity index is 2.15. The maximum absolute atomic E-state index is 12.1. The molecule has 0 saturated heterocycles. The second kappa shape index (κ2) is 7.66. The number of hydrogen-bond donors (Lipinski definition) is 0. The van der Waals surface area contributed by atoms with Gasteiger partial charge in [0.25, 0.3) is 0 Å². The minimum absolute atomic E-state index is 0.0791. The van der Waals surface area contributed by atoms with Crippen molar-refractivity contribution in [3.8, 4) is 11.5 Å². The second-order valence-corrected chi connectivity index (χ2v) is 4.98. The van der Waals surface area contributed by atoms with E-state index in [1.807, 2.05) is 25.1 Å². The Bertz CT molecular complexity index is 675. The second-order valence-electron chi connectivity index (χ2n) is 4.55. The van der Waals surface area contributed by atoms with Gasteiger partial charge in [0.1, 0.15) is 0 Å². The lowest BCUT2D eigenvalue weighted by atomic mass is 10.1. The van der Waals surface area contributed by atoms with Crippen LogP contribution < -0.4 is 9.47 Å². The van der Waals surface area contributed by atoms with E-state index in [9.17, 15) is 4.79 Å². The lowest BCUT2D eigenvalue weighted by Crippen LogP contribution is -1.96. The van der Waals surface area contributed by atoms with E-state index >= 15 is 0 Å². The molecule has 0 N–H and O–H groups in total. The highest BCUT2D eigenvalue weighted by molar-refractivity contribution is 6.30. The van der Waals surface area contributed by atoms with Crippen LogP contribution in [-0.4, -0.2) is 19.5 Å². The van der Waals surface area contributed by atoms with Gasteiger partial charge in [-0.05, 0) is 55.0 Å². The van der Waals surface area contributed by atoms with Gasteiger partial charge < -0.3 is 9.47 Å². The van der Waals surface area contributed by atoms with Crippen LogP contribution >= 0.6 is 11.6 Å². The predicted molar refractivity (Wildman–Crippen MR) is 89.0 cm³/mol. The summed E-state index contributed by atoms with van der Waals surface area (Å²) in [5.41, 5.74) is 1.46. The van der Waals surface area contributed by atoms with Gasteiger partial charge >= 0.3 is 0 Å². The van der Waals surface area contributed by atoms with E-state index in [1.165, 1.54) is 6.08 Å². The van der Waals surface area contributed by atoms with Crippen LogP contribution in [-0.2, 0) is 0 Å². The van der Waals surface area contributed by atoms with Crippen molar-refractivity contribution >= 4 is 23.5 Å². The van der Waals surface area contributed by atoms with E-state index < -0.39 is 0 Å². The minimum Gasteiger partial charge on any atom is -0.493 e. The highest BCUT2D eigenvalue weighted by atomic mass is 35.5. The van der Waals surface area contributed by atoms with E-state index in [2.05, 4.69) is 0 Å². The first-order valence-electron chi connectivity index (χ1n) is 6.93. The van der Waals surface area contributed by atoms with Crippen LogP contribution in [0.4, 0.5) is 0 Å². The van der Waals surface area contributed by atoms with Gasteiger partial charge in [0.15, 0.2) is 17.3 Å². The summed E-state index contributed by atoms with van der Waals surface area (Å²) in [6.07, 6.45) is 3.27. The largest absolute Gasteiger partial charge is 0.493 e. The van der Waals surface area contributed by atoms with Gasteiger partial charge in [0.2, 0.25) is 0 Å².